The van der Waals surface area contributed by atoms with Gasteiger partial charge < -0.3 is 9.73 Å². The van der Waals surface area contributed by atoms with Crippen molar-refractivity contribution >= 4 is 11.6 Å². The molecule has 0 aliphatic rings. The predicted octanol–water partition coefficient (Wildman–Crippen LogP) is 3.48. The molecule has 21 heavy (non-hydrogen) atoms. The van der Waals surface area contributed by atoms with Crippen molar-refractivity contribution in [2.75, 3.05) is 5.32 Å². The second-order valence-corrected chi connectivity index (χ2v) is 4.61. The lowest BCUT2D eigenvalue weighted by molar-refractivity contribution is 0.102. The second-order valence-electron chi connectivity index (χ2n) is 4.61. The number of benzene rings is 1. The standard InChI is InChI=1S/C16H15N3O2/c1-2-11-6-3-4-7-12(11)17-16(20)14-10-13(18-19-14)15-8-5-9-21-15/h3-10H,2H2,1H3,(H,17,20)(H,18,19). The molecule has 0 aliphatic heterocycles. The molecule has 1 amide bonds. The van der Waals surface area contributed by atoms with Crippen molar-refractivity contribution in [2.24, 2.45) is 0 Å². The van der Waals surface area contributed by atoms with Gasteiger partial charge in [-0.05, 0) is 30.2 Å². The first-order chi connectivity index (χ1) is 10.3. The van der Waals surface area contributed by atoms with Crippen LogP contribution in [0.2, 0.25) is 0 Å². The fourth-order valence-electron chi connectivity index (χ4n) is 2.13. The van der Waals surface area contributed by atoms with E-state index in [0.717, 1.165) is 17.7 Å². The van der Waals surface area contributed by atoms with Crippen molar-refractivity contribution in [3.05, 3.63) is 60.0 Å². The van der Waals surface area contributed by atoms with E-state index in [2.05, 4.69) is 22.4 Å². The highest BCUT2D eigenvalue weighted by Crippen LogP contribution is 2.20. The third-order valence-electron chi connectivity index (χ3n) is 3.24. The summed E-state index contributed by atoms with van der Waals surface area (Å²) in [6.07, 6.45) is 2.43. The van der Waals surface area contributed by atoms with Crippen molar-refractivity contribution in [3.63, 3.8) is 0 Å². The smallest absolute Gasteiger partial charge is 0.276 e. The molecule has 2 aromatic heterocycles. The van der Waals surface area contributed by atoms with Crippen LogP contribution in [-0.2, 0) is 6.42 Å². The molecule has 0 saturated heterocycles. The minimum absolute atomic E-state index is 0.245. The van der Waals surface area contributed by atoms with E-state index < -0.39 is 0 Å². The van der Waals surface area contributed by atoms with E-state index in [0.29, 0.717) is 17.1 Å². The minimum Gasteiger partial charge on any atom is -0.463 e. The Kier molecular flexibility index (Phi) is 3.55. The van der Waals surface area contributed by atoms with E-state index in [9.17, 15) is 4.79 Å². The summed E-state index contributed by atoms with van der Waals surface area (Å²) in [6.45, 7) is 2.05. The maximum absolute atomic E-state index is 12.2. The van der Waals surface area contributed by atoms with Crippen molar-refractivity contribution in [1.82, 2.24) is 10.2 Å². The Morgan fingerprint density at radius 1 is 1.29 bits per heavy atom. The van der Waals surface area contributed by atoms with E-state index >= 15 is 0 Å². The molecule has 5 nitrogen and oxygen atoms in total. The van der Waals surface area contributed by atoms with Gasteiger partial charge in [0.05, 0.1) is 6.26 Å². The van der Waals surface area contributed by atoms with Crippen LogP contribution in [0.1, 0.15) is 23.0 Å². The molecule has 0 radical (unpaired) electrons. The van der Waals surface area contributed by atoms with Gasteiger partial charge in [-0.2, -0.15) is 5.10 Å². The third-order valence-corrected chi connectivity index (χ3v) is 3.24. The van der Waals surface area contributed by atoms with Crippen LogP contribution < -0.4 is 5.32 Å². The van der Waals surface area contributed by atoms with Crippen LogP contribution in [0.3, 0.4) is 0 Å². The lowest BCUT2D eigenvalue weighted by Crippen LogP contribution is -2.13. The summed E-state index contributed by atoms with van der Waals surface area (Å²) >= 11 is 0. The number of hydrogen-bond acceptors (Lipinski definition) is 3. The number of aromatic amines is 1. The number of carbonyl (C=O) groups excluding carboxylic acids is 1. The summed E-state index contributed by atoms with van der Waals surface area (Å²) in [5.74, 6) is 0.403. The minimum atomic E-state index is -0.245. The fourth-order valence-corrected chi connectivity index (χ4v) is 2.13. The molecule has 5 heteroatoms. The molecule has 2 N–H and O–H groups in total. The molecule has 0 bridgehead atoms. The molecule has 0 unspecified atom stereocenters. The SMILES string of the molecule is CCc1ccccc1NC(=O)c1cc(-c2ccco2)[nH]n1. The summed E-state index contributed by atoms with van der Waals surface area (Å²) in [6, 6.07) is 13.0. The van der Waals surface area contributed by atoms with Gasteiger partial charge in [0.25, 0.3) is 5.91 Å². The maximum atomic E-state index is 12.2. The molecule has 3 rings (SSSR count). The number of hydrogen-bond donors (Lipinski definition) is 2. The summed E-state index contributed by atoms with van der Waals surface area (Å²) in [7, 11) is 0. The van der Waals surface area contributed by atoms with E-state index in [1.54, 1.807) is 18.4 Å². The number of H-pyrrole nitrogens is 1. The number of aromatic nitrogens is 2. The van der Waals surface area contributed by atoms with Crippen LogP contribution >= 0.6 is 0 Å². The van der Waals surface area contributed by atoms with Gasteiger partial charge in [0.2, 0.25) is 0 Å². The van der Waals surface area contributed by atoms with Crippen molar-refractivity contribution < 1.29 is 9.21 Å². The monoisotopic (exact) mass is 281 g/mol. The van der Waals surface area contributed by atoms with Gasteiger partial charge in [-0.3, -0.25) is 9.89 Å². The molecule has 3 aromatic rings. The van der Waals surface area contributed by atoms with Crippen molar-refractivity contribution in [2.45, 2.75) is 13.3 Å². The van der Waals surface area contributed by atoms with Crippen LogP contribution in [-0.4, -0.2) is 16.1 Å². The maximum Gasteiger partial charge on any atom is 0.276 e. The van der Waals surface area contributed by atoms with Crippen LogP contribution in [0.25, 0.3) is 11.5 Å². The topological polar surface area (TPSA) is 70.9 Å². The van der Waals surface area contributed by atoms with Crippen molar-refractivity contribution in [3.8, 4) is 11.5 Å². The summed E-state index contributed by atoms with van der Waals surface area (Å²) in [5, 5.41) is 9.71. The Morgan fingerprint density at radius 2 is 2.14 bits per heavy atom. The average Bonchev–Trinajstić information content (AvgIpc) is 3.18. The van der Waals surface area contributed by atoms with E-state index in [-0.39, 0.29) is 5.91 Å². The highest BCUT2D eigenvalue weighted by Gasteiger charge is 2.13. The van der Waals surface area contributed by atoms with Crippen LogP contribution in [0.4, 0.5) is 5.69 Å². The number of rotatable bonds is 4. The Morgan fingerprint density at radius 3 is 2.90 bits per heavy atom. The lowest BCUT2D eigenvalue weighted by Gasteiger charge is -2.07. The Bertz CT molecular complexity index is 744. The number of aryl methyl sites for hydroxylation is 1. The van der Waals surface area contributed by atoms with Gasteiger partial charge in [0.15, 0.2) is 11.5 Å². The summed E-state index contributed by atoms with van der Waals surface area (Å²) in [5.41, 5.74) is 2.90. The highest BCUT2D eigenvalue weighted by molar-refractivity contribution is 6.03. The molecule has 1 aromatic carbocycles. The fraction of sp³-hybridized carbons (Fsp3) is 0.125. The average molecular weight is 281 g/mol. The number of amides is 1. The van der Waals surface area contributed by atoms with E-state index in [1.807, 2.05) is 30.3 Å². The number of furan rings is 1. The molecular weight excluding hydrogens is 266 g/mol. The quantitative estimate of drug-likeness (QED) is 0.769. The molecule has 0 aliphatic carbocycles. The Balaban J connectivity index is 1.80. The zero-order valence-electron chi connectivity index (χ0n) is 11.6. The van der Waals surface area contributed by atoms with E-state index in [1.165, 1.54) is 0 Å². The van der Waals surface area contributed by atoms with Crippen LogP contribution in [0.5, 0.6) is 0 Å². The Hall–Kier alpha value is -2.82. The van der Waals surface area contributed by atoms with Gasteiger partial charge in [0.1, 0.15) is 5.69 Å². The van der Waals surface area contributed by atoms with Gasteiger partial charge in [-0.15, -0.1) is 0 Å². The number of para-hydroxylation sites is 1. The van der Waals surface area contributed by atoms with E-state index in [4.69, 9.17) is 4.42 Å². The first-order valence-corrected chi connectivity index (χ1v) is 6.76. The van der Waals surface area contributed by atoms with Gasteiger partial charge in [0, 0.05) is 11.8 Å². The number of carbonyl (C=O) groups is 1. The molecule has 106 valence electrons. The van der Waals surface area contributed by atoms with Crippen LogP contribution in [0, 0.1) is 0 Å². The highest BCUT2D eigenvalue weighted by atomic mass is 16.3. The van der Waals surface area contributed by atoms with Gasteiger partial charge in [-0.25, -0.2) is 0 Å². The largest absolute Gasteiger partial charge is 0.463 e. The number of anilines is 1. The zero-order chi connectivity index (χ0) is 14.7. The first-order valence-electron chi connectivity index (χ1n) is 6.76. The van der Waals surface area contributed by atoms with Gasteiger partial charge >= 0.3 is 0 Å². The molecule has 0 atom stereocenters. The second kappa shape index (κ2) is 5.66. The molecule has 2 heterocycles. The van der Waals surface area contributed by atoms with Gasteiger partial charge in [-0.1, -0.05) is 25.1 Å². The molecule has 0 spiro atoms. The first kappa shape index (κ1) is 13.2. The normalized spacial score (nSPS) is 10.5. The van der Waals surface area contributed by atoms with Crippen LogP contribution in [0.15, 0.2) is 53.1 Å². The number of nitrogens with zero attached hydrogens (tertiary/aromatic N) is 1. The third kappa shape index (κ3) is 2.72. The zero-order valence-corrected chi connectivity index (χ0v) is 11.6. The number of nitrogens with one attached hydrogen (secondary N) is 2. The molecule has 0 saturated carbocycles. The summed E-state index contributed by atoms with van der Waals surface area (Å²) in [4.78, 5) is 12.2. The summed E-state index contributed by atoms with van der Waals surface area (Å²) < 4.78 is 5.26. The Labute approximate surface area is 122 Å². The van der Waals surface area contributed by atoms with Crippen molar-refractivity contribution in [1.29, 1.82) is 0 Å². The lowest BCUT2D eigenvalue weighted by atomic mass is 10.1. The molecular formula is C16H15N3O2. The predicted molar refractivity (Wildman–Crippen MR) is 80.1 cm³/mol. The molecule has 0 fully saturated rings.